The molecule has 0 unspecified atom stereocenters. The van der Waals surface area contributed by atoms with E-state index in [2.05, 4.69) is 10.6 Å². The summed E-state index contributed by atoms with van der Waals surface area (Å²) in [5.41, 5.74) is 1.62. The van der Waals surface area contributed by atoms with E-state index in [-0.39, 0.29) is 15.8 Å². The lowest BCUT2D eigenvalue weighted by atomic mass is 10.2. The number of hydrogen-bond acceptors (Lipinski definition) is 3. The van der Waals surface area contributed by atoms with Gasteiger partial charge >= 0.3 is 0 Å². The van der Waals surface area contributed by atoms with Gasteiger partial charge in [0.1, 0.15) is 5.82 Å². The smallest absolute Gasteiger partial charge is 0.243 e. The van der Waals surface area contributed by atoms with Crippen molar-refractivity contribution >= 4 is 38.7 Å². The maximum Gasteiger partial charge on any atom is 0.243 e. The number of aryl methyl sites for hydroxylation is 1. The van der Waals surface area contributed by atoms with Crippen LogP contribution in [0.25, 0.3) is 0 Å². The van der Waals surface area contributed by atoms with E-state index in [1.165, 1.54) is 10.4 Å². The average Bonchev–Trinajstić information content (AvgIpc) is 3.14. The Morgan fingerprint density at radius 2 is 1.73 bits per heavy atom. The van der Waals surface area contributed by atoms with E-state index < -0.39 is 10.0 Å². The van der Waals surface area contributed by atoms with Crippen molar-refractivity contribution in [2.24, 2.45) is 0 Å². The summed E-state index contributed by atoms with van der Waals surface area (Å²) in [7, 11) is -3.49. The summed E-state index contributed by atoms with van der Waals surface area (Å²) in [5.74, 6) is -0.323. The minimum Gasteiger partial charge on any atom is -0.332 e. The van der Waals surface area contributed by atoms with Crippen molar-refractivity contribution in [1.82, 2.24) is 4.31 Å². The van der Waals surface area contributed by atoms with Crippen molar-refractivity contribution in [3.63, 3.8) is 0 Å². The molecule has 1 heterocycles. The first kappa shape index (κ1) is 18.8. The number of thiocarbonyl (C=S) groups is 1. The summed E-state index contributed by atoms with van der Waals surface area (Å²) in [6, 6.07) is 11.3. The summed E-state index contributed by atoms with van der Waals surface area (Å²) >= 11 is 5.23. The van der Waals surface area contributed by atoms with Gasteiger partial charge in [-0.3, -0.25) is 0 Å². The molecule has 0 aromatic heterocycles. The number of anilines is 2. The van der Waals surface area contributed by atoms with Crippen LogP contribution >= 0.6 is 12.2 Å². The van der Waals surface area contributed by atoms with Gasteiger partial charge in [-0.15, -0.1) is 0 Å². The van der Waals surface area contributed by atoms with Gasteiger partial charge in [-0.2, -0.15) is 4.31 Å². The number of halogens is 1. The van der Waals surface area contributed by atoms with E-state index in [0.717, 1.165) is 12.8 Å². The SMILES string of the molecule is Cc1ccc(NC(=S)Nc2cccc(S(=O)(=O)N3CCCC3)c2)cc1F. The highest BCUT2D eigenvalue weighted by Crippen LogP contribution is 2.23. The van der Waals surface area contributed by atoms with Gasteiger partial charge in [0, 0.05) is 24.5 Å². The molecule has 0 spiro atoms. The van der Waals surface area contributed by atoms with Crippen LogP contribution in [0.5, 0.6) is 0 Å². The fourth-order valence-corrected chi connectivity index (χ4v) is 4.58. The third-order valence-corrected chi connectivity index (χ3v) is 6.32. The summed E-state index contributed by atoms with van der Waals surface area (Å²) in [5, 5.41) is 6.09. The van der Waals surface area contributed by atoms with Gasteiger partial charge < -0.3 is 10.6 Å². The maximum atomic E-state index is 13.6. The van der Waals surface area contributed by atoms with Crippen LogP contribution in [0.2, 0.25) is 0 Å². The number of hydrogen-bond donors (Lipinski definition) is 2. The highest BCUT2D eigenvalue weighted by molar-refractivity contribution is 7.89. The molecular formula is C18H20FN3O2S2. The Bertz CT molecular complexity index is 926. The Labute approximate surface area is 158 Å². The summed E-state index contributed by atoms with van der Waals surface area (Å²) < 4.78 is 40.4. The van der Waals surface area contributed by atoms with Gasteiger partial charge in [0.25, 0.3) is 0 Å². The molecule has 2 aromatic carbocycles. The molecule has 0 bridgehead atoms. The van der Waals surface area contributed by atoms with Gasteiger partial charge in [-0.05, 0) is 67.9 Å². The van der Waals surface area contributed by atoms with Crippen LogP contribution in [0.15, 0.2) is 47.4 Å². The van der Waals surface area contributed by atoms with Crippen LogP contribution in [0.3, 0.4) is 0 Å². The van der Waals surface area contributed by atoms with Gasteiger partial charge in [0.15, 0.2) is 5.11 Å². The minimum absolute atomic E-state index is 0.230. The Morgan fingerprint density at radius 1 is 1.08 bits per heavy atom. The van der Waals surface area contributed by atoms with Crippen LogP contribution in [0.1, 0.15) is 18.4 Å². The number of nitrogens with zero attached hydrogens (tertiary/aromatic N) is 1. The average molecular weight is 394 g/mol. The van der Waals surface area contributed by atoms with Gasteiger partial charge in [-0.25, -0.2) is 12.8 Å². The van der Waals surface area contributed by atoms with Gasteiger partial charge in [-0.1, -0.05) is 12.1 Å². The molecule has 3 rings (SSSR count). The molecule has 0 saturated carbocycles. The summed E-state index contributed by atoms with van der Waals surface area (Å²) in [6.45, 7) is 2.79. The normalized spacial score (nSPS) is 15.0. The molecular weight excluding hydrogens is 373 g/mol. The molecule has 1 aliphatic rings. The number of sulfonamides is 1. The van der Waals surface area contributed by atoms with Crippen LogP contribution < -0.4 is 10.6 Å². The first-order valence-corrected chi connectivity index (χ1v) is 10.2. The lowest BCUT2D eigenvalue weighted by Crippen LogP contribution is -2.28. The number of nitrogens with one attached hydrogen (secondary N) is 2. The van der Waals surface area contributed by atoms with Crippen LogP contribution in [0.4, 0.5) is 15.8 Å². The van der Waals surface area contributed by atoms with Gasteiger partial charge in [0.2, 0.25) is 10.0 Å². The molecule has 26 heavy (non-hydrogen) atoms. The largest absolute Gasteiger partial charge is 0.332 e. The predicted octanol–water partition coefficient (Wildman–Crippen LogP) is 3.73. The Hall–Kier alpha value is -2.03. The quantitative estimate of drug-likeness (QED) is 0.775. The first-order valence-electron chi connectivity index (χ1n) is 8.30. The first-order chi connectivity index (χ1) is 12.4. The zero-order valence-corrected chi connectivity index (χ0v) is 16.0. The highest BCUT2D eigenvalue weighted by Gasteiger charge is 2.27. The van der Waals surface area contributed by atoms with Crippen LogP contribution in [0, 0.1) is 12.7 Å². The second-order valence-corrected chi connectivity index (χ2v) is 8.53. The van der Waals surface area contributed by atoms with E-state index in [9.17, 15) is 12.8 Å². The molecule has 8 heteroatoms. The predicted molar refractivity (Wildman–Crippen MR) is 105 cm³/mol. The Kier molecular flexibility index (Phi) is 5.55. The molecule has 1 fully saturated rings. The molecule has 0 atom stereocenters. The van der Waals surface area contributed by atoms with Crippen LogP contribution in [-0.4, -0.2) is 30.9 Å². The third kappa shape index (κ3) is 4.20. The summed E-state index contributed by atoms with van der Waals surface area (Å²) in [6.07, 6.45) is 1.77. The van der Waals surface area contributed by atoms with Crippen molar-refractivity contribution in [3.8, 4) is 0 Å². The molecule has 2 aromatic rings. The third-order valence-electron chi connectivity index (χ3n) is 4.22. The molecule has 1 aliphatic heterocycles. The van der Waals surface area contributed by atoms with E-state index in [1.807, 2.05) is 0 Å². The standard InChI is InChI=1S/C18H20FN3O2S2/c1-13-7-8-15(12-17(13)19)21-18(25)20-14-5-4-6-16(11-14)26(23,24)22-9-2-3-10-22/h4-8,11-12H,2-3,9-10H2,1H3,(H2,20,21,25). The molecule has 138 valence electrons. The number of rotatable bonds is 4. The molecule has 0 radical (unpaired) electrons. The zero-order chi connectivity index (χ0) is 18.7. The fourth-order valence-electron chi connectivity index (χ4n) is 2.78. The van der Waals surface area contributed by atoms with E-state index in [4.69, 9.17) is 12.2 Å². The lowest BCUT2D eigenvalue weighted by Gasteiger charge is -2.16. The van der Waals surface area contributed by atoms with Crippen molar-refractivity contribution in [1.29, 1.82) is 0 Å². The Morgan fingerprint density at radius 3 is 2.38 bits per heavy atom. The minimum atomic E-state index is -3.49. The van der Waals surface area contributed by atoms with Gasteiger partial charge in [0.05, 0.1) is 4.90 Å². The lowest BCUT2D eigenvalue weighted by molar-refractivity contribution is 0.477. The molecule has 0 amide bonds. The number of benzene rings is 2. The highest BCUT2D eigenvalue weighted by atomic mass is 32.2. The maximum absolute atomic E-state index is 13.6. The van der Waals surface area contributed by atoms with E-state index in [1.54, 1.807) is 43.3 Å². The molecule has 1 saturated heterocycles. The molecule has 0 aliphatic carbocycles. The summed E-state index contributed by atoms with van der Waals surface area (Å²) in [4.78, 5) is 0.230. The van der Waals surface area contributed by atoms with Crippen molar-refractivity contribution in [2.75, 3.05) is 23.7 Å². The topological polar surface area (TPSA) is 61.4 Å². The zero-order valence-electron chi connectivity index (χ0n) is 14.3. The van der Waals surface area contributed by atoms with E-state index in [0.29, 0.717) is 30.0 Å². The van der Waals surface area contributed by atoms with Crippen molar-refractivity contribution < 1.29 is 12.8 Å². The van der Waals surface area contributed by atoms with Crippen LogP contribution in [-0.2, 0) is 10.0 Å². The monoisotopic (exact) mass is 393 g/mol. The molecule has 5 nitrogen and oxygen atoms in total. The Balaban J connectivity index is 1.72. The molecule has 2 N–H and O–H groups in total. The second-order valence-electron chi connectivity index (χ2n) is 6.18. The van der Waals surface area contributed by atoms with Crippen molar-refractivity contribution in [3.05, 3.63) is 53.8 Å². The second kappa shape index (κ2) is 7.69. The fraction of sp³-hybridized carbons (Fsp3) is 0.278. The van der Waals surface area contributed by atoms with E-state index >= 15 is 0 Å². The van der Waals surface area contributed by atoms with Crippen molar-refractivity contribution in [2.45, 2.75) is 24.7 Å².